The number of methoxy groups -OCH3 is 2. The molecule has 1 N–H and O–H groups in total. The highest BCUT2D eigenvalue weighted by Crippen LogP contribution is 2.34. The van der Waals surface area contributed by atoms with Crippen LogP contribution in [0.15, 0.2) is 24.3 Å². The molecule has 6 heteroatoms. The molecule has 1 aliphatic rings. The lowest BCUT2D eigenvalue weighted by molar-refractivity contribution is -0.156. The van der Waals surface area contributed by atoms with Crippen molar-refractivity contribution in [2.24, 2.45) is 5.41 Å². The van der Waals surface area contributed by atoms with Crippen molar-refractivity contribution >= 4 is 11.9 Å². The average molecular weight is 349 g/mol. The Morgan fingerprint density at radius 1 is 1.28 bits per heavy atom. The third kappa shape index (κ3) is 4.72. The summed E-state index contributed by atoms with van der Waals surface area (Å²) in [5, 5.41) is 9.68. The summed E-state index contributed by atoms with van der Waals surface area (Å²) in [5.74, 6) is -0.0747. The Morgan fingerprint density at radius 2 is 2.04 bits per heavy atom. The average Bonchev–Trinajstić information content (AvgIpc) is 2.64. The molecule has 1 fully saturated rings. The van der Waals surface area contributed by atoms with Crippen LogP contribution in [0.2, 0.25) is 0 Å². The highest BCUT2D eigenvalue weighted by molar-refractivity contribution is 5.80. The van der Waals surface area contributed by atoms with E-state index in [-0.39, 0.29) is 12.5 Å². The van der Waals surface area contributed by atoms with Crippen LogP contribution >= 0.6 is 0 Å². The van der Waals surface area contributed by atoms with Crippen molar-refractivity contribution in [3.8, 4) is 5.75 Å². The van der Waals surface area contributed by atoms with E-state index in [1.54, 1.807) is 19.1 Å². The minimum Gasteiger partial charge on any atom is -0.496 e. The van der Waals surface area contributed by atoms with Gasteiger partial charge in [-0.2, -0.15) is 0 Å². The SMILES string of the molecule is COCCC1(C(=O)O)CCCN(C(=O)CCc2ccccc2OC)C1. The van der Waals surface area contributed by atoms with Crippen LogP contribution in [0, 0.1) is 5.41 Å². The van der Waals surface area contributed by atoms with Gasteiger partial charge in [0.25, 0.3) is 0 Å². The fraction of sp³-hybridized carbons (Fsp3) is 0.579. The maximum absolute atomic E-state index is 12.6. The molecule has 0 spiro atoms. The molecule has 0 bridgehead atoms. The van der Waals surface area contributed by atoms with Crippen molar-refractivity contribution in [1.82, 2.24) is 4.90 Å². The highest BCUT2D eigenvalue weighted by atomic mass is 16.5. The standard InChI is InChI=1S/C19H27NO5/c1-24-13-11-19(18(22)23)10-5-12-20(14-19)17(21)9-8-15-6-3-4-7-16(15)25-2/h3-4,6-7H,5,8-14H2,1-2H3,(H,22,23). The molecular weight excluding hydrogens is 322 g/mol. The van der Waals surface area contributed by atoms with Crippen LogP contribution in [-0.4, -0.2) is 55.8 Å². The topological polar surface area (TPSA) is 76.1 Å². The van der Waals surface area contributed by atoms with E-state index in [0.29, 0.717) is 45.3 Å². The summed E-state index contributed by atoms with van der Waals surface area (Å²) in [7, 11) is 3.18. The molecule has 0 aliphatic carbocycles. The largest absolute Gasteiger partial charge is 0.496 e. The van der Waals surface area contributed by atoms with E-state index in [0.717, 1.165) is 11.3 Å². The van der Waals surface area contributed by atoms with Gasteiger partial charge >= 0.3 is 5.97 Å². The van der Waals surface area contributed by atoms with E-state index < -0.39 is 11.4 Å². The molecule has 2 rings (SSSR count). The summed E-state index contributed by atoms with van der Waals surface area (Å²) in [6.07, 6.45) is 2.64. The normalized spacial score (nSPS) is 20.3. The van der Waals surface area contributed by atoms with Crippen LogP contribution in [0.1, 0.15) is 31.2 Å². The molecule has 1 amide bonds. The van der Waals surface area contributed by atoms with Crippen LogP contribution in [0.5, 0.6) is 5.75 Å². The molecule has 138 valence electrons. The lowest BCUT2D eigenvalue weighted by atomic mass is 9.77. The maximum atomic E-state index is 12.6. The summed E-state index contributed by atoms with van der Waals surface area (Å²) in [6, 6.07) is 7.64. The zero-order chi connectivity index (χ0) is 18.3. The number of rotatable bonds is 8. The molecule has 0 radical (unpaired) electrons. The molecule has 6 nitrogen and oxygen atoms in total. The minimum absolute atomic E-state index is 0.00588. The van der Waals surface area contributed by atoms with Gasteiger partial charge in [-0.25, -0.2) is 0 Å². The van der Waals surface area contributed by atoms with Crippen LogP contribution in [-0.2, 0) is 20.7 Å². The zero-order valence-corrected chi connectivity index (χ0v) is 15.0. The lowest BCUT2D eigenvalue weighted by Crippen LogP contribution is -2.50. The van der Waals surface area contributed by atoms with Gasteiger partial charge in [0.15, 0.2) is 0 Å². The van der Waals surface area contributed by atoms with E-state index in [1.165, 1.54) is 0 Å². The molecule has 1 aromatic carbocycles. The van der Waals surface area contributed by atoms with E-state index in [2.05, 4.69) is 0 Å². The number of para-hydroxylation sites is 1. The van der Waals surface area contributed by atoms with Crippen molar-refractivity contribution in [1.29, 1.82) is 0 Å². The molecule has 25 heavy (non-hydrogen) atoms. The highest BCUT2D eigenvalue weighted by Gasteiger charge is 2.43. The molecule has 1 heterocycles. The Morgan fingerprint density at radius 3 is 2.72 bits per heavy atom. The van der Waals surface area contributed by atoms with Crippen molar-refractivity contribution < 1.29 is 24.2 Å². The summed E-state index contributed by atoms with van der Waals surface area (Å²) in [4.78, 5) is 26.1. The second-order valence-electron chi connectivity index (χ2n) is 6.56. The first kappa shape index (κ1) is 19.2. The maximum Gasteiger partial charge on any atom is 0.311 e. The number of aliphatic carboxylic acids is 1. The van der Waals surface area contributed by atoms with Gasteiger partial charge < -0.3 is 19.5 Å². The number of hydrogen-bond donors (Lipinski definition) is 1. The summed E-state index contributed by atoms with van der Waals surface area (Å²) >= 11 is 0. The fourth-order valence-corrected chi connectivity index (χ4v) is 3.44. The summed E-state index contributed by atoms with van der Waals surface area (Å²) < 4.78 is 10.4. The van der Waals surface area contributed by atoms with Gasteiger partial charge in [0.2, 0.25) is 5.91 Å². The number of carboxylic acids is 1. The number of carbonyl (C=O) groups excluding carboxylic acids is 1. The van der Waals surface area contributed by atoms with E-state index in [4.69, 9.17) is 9.47 Å². The number of nitrogens with zero attached hydrogens (tertiary/aromatic N) is 1. The number of amides is 1. The predicted molar refractivity (Wildman–Crippen MR) is 93.7 cm³/mol. The Kier molecular flexibility index (Phi) is 6.82. The Hall–Kier alpha value is -2.08. The van der Waals surface area contributed by atoms with Crippen LogP contribution in [0.25, 0.3) is 0 Å². The molecule has 1 unspecified atom stereocenters. The van der Waals surface area contributed by atoms with Gasteiger partial charge in [0.1, 0.15) is 5.75 Å². The van der Waals surface area contributed by atoms with Crippen LogP contribution < -0.4 is 4.74 Å². The molecule has 1 aliphatic heterocycles. The first-order valence-corrected chi connectivity index (χ1v) is 8.64. The van der Waals surface area contributed by atoms with Crippen molar-refractivity contribution in [2.75, 3.05) is 33.9 Å². The second-order valence-corrected chi connectivity index (χ2v) is 6.56. The number of likely N-dealkylation sites (tertiary alicyclic amines) is 1. The number of ether oxygens (including phenoxy) is 2. The first-order chi connectivity index (χ1) is 12.0. The van der Waals surface area contributed by atoms with Crippen molar-refractivity contribution in [2.45, 2.75) is 32.1 Å². The number of piperidine rings is 1. The lowest BCUT2D eigenvalue weighted by Gasteiger charge is -2.40. The smallest absolute Gasteiger partial charge is 0.311 e. The quantitative estimate of drug-likeness (QED) is 0.780. The van der Waals surface area contributed by atoms with E-state index in [9.17, 15) is 14.7 Å². The third-order valence-electron chi connectivity index (χ3n) is 4.97. The summed E-state index contributed by atoms with van der Waals surface area (Å²) in [6.45, 7) is 1.26. The number of carboxylic acid groups (broad SMARTS) is 1. The number of hydrogen-bond acceptors (Lipinski definition) is 4. The molecule has 1 saturated heterocycles. The molecule has 0 aromatic heterocycles. The number of benzene rings is 1. The fourth-order valence-electron chi connectivity index (χ4n) is 3.44. The second kappa shape index (κ2) is 8.85. The van der Waals surface area contributed by atoms with Crippen molar-refractivity contribution in [3.05, 3.63) is 29.8 Å². The van der Waals surface area contributed by atoms with Crippen LogP contribution in [0.4, 0.5) is 0 Å². The Balaban J connectivity index is 2.00. The van der Waals surface area contributed by atoms with Gasteiger partial charge in [-0.1, -0.05) is 18.2 Å². The van der Waals surface area contributed by atoms with Gasteiger partial charge in [-0.3, -0.25) is 9.59 Å². The molecule has 1 aromatic rings. The summed E-state index contributed by atoms with van der Waals surface area (Å²) in [5.41, 5.74) is 0.0909. The van der Waals surface area contributed by atoms with Gasteiger partial charge in [0, 0.05) is 33.2 Å². The van der Waals surface area contributed by atoms with Gasteiger partial charge in [0.05, 0.1) is 12.5 Å². The van der Waals surface area contributed by atoms with Crippen molar-refractivity contribution in [3.63, 3.8) is 0 Å². The monoisotopic (exact) mass is 349 g/mol. The third-order valence-corrected chi connectivity index (χ3v) is 4.97. The van der Waals surface area contributed by atoms with E-state index in [1.807, 2.05) is 24.3 Å². The molecule has 1 atom stereocenters. The zero-order valence-electron chi connectivity index (χ0n) is 15.0. The first-order valence-electron chi connectivity index (χ1n) is 8.64. The van der Waals surface area contributed by atoms with E-state index >= 15 is 0 Å². The Labute approximate surface area is 148 Å². The van der Waals surface area contributed by atoms with Gasteiger partial charge in [-0.05, 0) is 37.3 Å². The van der Waals surface area contributed by atoms with Gasteiger partial charge in [-0.15, -0.1) is 0 Å². The predicted octanol–water partition coefficient (Wildman–Crippen LogP) is 2.36. The molecular formula is C19H27NO5. The minimum atomic E-state index is -0.894. The number of carbonyl (C=O) groups is 2. The number of aryl methyl sites for hydroxylation is 1. The van der Waals surface area contributed by atoms with Crippen LogP contribution in [0.3, 0.4) is 0 Å². The Bertz CT molecular complexity index is 603. The molecule has 0 saturated carbocycles.